The fourth-order valence-electron chi connectivity index (χ4n) is 2.44. The zero-order chi connectivity index (χ0) is 17.1. The van der Waals surface area contributed by atoms with Gasteiger partial charge in [0.25, 0.3) is 0 Å². The highest BCUT2D eigenvalue weighted by molar-refractivity contribution is 5.77. The summed E-state index contributed by atoms with van der Waals surface area (Å²) in [4.78, 5) is 11.3. The molecule has 6 nitrogen and oxygen atoms in total. The number of nitrogens with zero attached hydrogens (tertiary/aromatic N) is 1. The molecule has 0 unspecified atom stereocenters. The Morgan fingerprint density at radius 2 is 2.04 bits per heavy atom. The second-order valence-electron chi connectivity index (χ2n) is 5.85. The minimum absolute atomic E-state index is 0.136. The molecule has 1 atom stereocenters. The number of hydrogen-bond acceptors (Lipinski definition) is 6. The van der Waals surface area contributed by atoms with Crippen LogP contribution in [0.15, 0.2) is 44.1 Å². The first-order valence-electron chi connectivity index (χ1n) is 7.85. The maximum Gasteiger partial charge on any atom is 0.336 e. The molecule has 0 aliphatic heterocycles. The van der Waals surface area contributed by atoms with E-state index in [1.807, 2.05) is 32.9 Å². The summed E-state index contributed by atoms with van der Waals surface area (Å²) in [5.74, 6) is 1.50. The van der Waals surface area contributed by atoms with Crippen molar-refractivity contribution >= 4 is 11.0 Å². The van der Waals surface area contributed by atoms with Gasteiger partial charge in [-0.2, -0.15) is 0 Å². The molecule has 0 saturated carbocycles. The summed E-state index contributed by atoms with van der Waals surface area (Å²) in [6.07, 6.45) is 0. The summed E-state index contributed by atoms with van der Waals surface area (Å²) in [5.41, 5.74) is 2.14. The highest BCUT2D eigenvalue weighted by Gasteiger charge is 2.10. The predicted molar refractivity (Wildman–Crippen MR) is 90.3 cm³/mol. The lowest BCUT2D eigenvalue weighted by atomic mass is 10.2. The molecular weight excluding hydrogens is 308 g/mol. The van der Waals surface area contributed by atoms with Gasteiger partial charge in [0.05, 0.1) is 5.69 Å². The zero-order valence-electron chi connectivity index (χ0n) is 14.0. The maximum atomic E-state index is 11.3. The molecule has 2 heterocycles. The fraction of sp³-hybridized carbons (Fsp3) is 0.333. The van der Waals surface area contributed by atoms with E-state index >= 15 is 0 Å². The normalized spacial score (nSPS) is 12.5. The first-order valence-corrected chi connectivity index (χ1v) is 7.85. The summed E-state index contributed by atoms with van der Waals surface area (Å²) in [5, 5.41) is 8.19. The van der Waals surface area contributed by atoms with Gasteiger partial charge in [-0.05, 0) is 39.0 Å². The number of hydrogen-bond donors (Lipinski definition) is 1. The van der Waals surface area contributed by atoms with Crippen molar-refractivity contribution in [2.45, 2.75) is 33.4 Å². The van der Waals surface area contributed by atoms with Gasteiger partial charge >= 0.3 is 5.63 Å². The fourth-order valence-corrected chi connectivity index (χ4v) is 2.44. The van der Waals surface area contributed by atoms with Crippen LogP contribution < -0.4 is 15.7 Å². The number of benzene rings is 1. The Labute approximate surface area is 139 Å². The van der Waals surface area contributed by atoms with Gasteiger partial charge in [-0.25, -0.2) is 4.79 Å². The number of rotatable bonds is 6. The van der Waals surface area contributed by atoms with Crippen LogP contribution in [0.4, 0.5) is 0 Å². The van der Waals surface area contributed by atoms with Gasteiger partial charge in [-0.15, -0.1) is 0 Å². The second kappa shape index (κ2) is 6.88. The zero-order valence-corrected chi connectivity index (χ0v) is 14.0. The summed E-state index contributed by atoms with van der Waals surface area (Å²) < 4.78 is 16.1. The molecule has 24 heavy (non-hydrogen) atoms. The van der Waals surface area contributed by atoms with Gasteiger partial charge in [0.15, 0.2) is 0 Å². The van der Waals surface area contributed by atoms with Gasteiger partial charge in [-0.1, -0.05) is 5.16 Å². The van der Waals surface area contributed by atoms with Crippen LogP contribution >= 0.6 is 0 Å². The van der Waals surface area contributed by atoms with E-state index in [0.717, 1.165) is 22.4 Å². The molecule has 0 spiro atoms. The average Bonchev–Trinajstić information content (AvgIpc) is 2.89. The number of fused-ring (bicyclic) bond motifs is 1. The van der Waals surface area contributed by atoms with E-state index in [1.54, 1.807) is 12.1 Å². The topological polar surface area (TPSA) is 77.5 Å². The molecule has 2 aromatic heterocycles. The first-order chi connectivity index (χ1) is 11.5. The average molecular weight is 328 g/mol. The Balaban J connectivity index is 1.58. The van der Waals surface area contributed by atoms with Crippen LogP contribution in [0.1, 0.15) is 23.9 Å². The van der Waals surface area contributed by atoms with Gasteiger partial charge in [0, 0.05) is 35.7 Å². The van der Waals surface area contributed by atoms with E-state index < -0.39 is 0 Å². The minimum atomic E-state index is -0.367. The second-order valence-corrected chi connectivity index (χ2v) is 5.85. The highest BCUT2D eigenvalue weighted by atomic mass is 16.5. The summed E-state index contributed by atoms with van der Waals surface area (Å²) in [6.45, 7) is 7.04. The third kappa shape index (κ3) is 3.65. The minimum Gasteiger partial charge on any atom is -0.492 e. The van der Waals surface area contributed by atoms with Crippen molar-refractivity contribution in [3.8, 4) is 5.75 Å². The molecule has 0 aliphatic carbocycles. The molecule has 0 amide bonds. The van der Waals surface area contributed by atoms with Crippen LogP contribution in [-0.2, 0) is 6.54 Å². The highest BCUT2D eigenvalue weighted by Crippen LogP contribution is 2.19. The summed E-state index contributed by atoms with van der Waals surface area (Å²) in [6, 6.07) is 8.75. The van der Waals surface area contributed by atoms with Crippen molar-refractivity contribution in [2.24, 2.45) is 0 Å². The number of nitrogens with one attached hydrogen (secondary N) is 1. The van der Waals surface area contributed by atoms with Crippen molar-refractivity contribution < 1.29 is 13.7 Å². The molecule has 6 heteroatoms. The molecule has 0 radical (unpaired) electrons. The molecule has 1 aromatic carbocycles. The Hall–Kier alpha value is -2.60. The molecule has 0 fully saturated rings. The summed E-state index contributed by atoms with van der Waals surface area (Å²) in [7, 11) is 0. The lowest BCUT2D eigenvalue weighted by Gasteiger charge is -2.15. The van der Waals surface area contributed by atoms with Gasteiger partial charge < -0.3 is 19.0 Å². The van der Waals surface area contributed by atoms with Crippen molar-refractivity contribution in [1.82, 2.24) is 10.5 Å². The van der Waals surface area contributed by atoms with Crippen LogP contribution in [0.3, 0.4) is 0 Å². The number of aryl methyl sites for hydroxylation is 2. The predicted octanol–water partition coefficient (Wildman–Crippen LogP) is 2.95. The van der Waals surface area contributed by atoms with E-state index in [-0.39, 0.29) is 11.7 Å². The van der Waals surface area contributed by atoms with Crippen LogP contribution in [0, 0.1) is 13.8 Å². The largest absolute Gasteiger partial charge is 0.492 e. The van der Waals surface area contributed by atoms with Crippen LogP contribution in [0.5, 0.6) is 5.75 Å². The molecular formula is C18H20N2O4. The standard InChI is InChI=1S/C18H20N2O4/c1-11(19-9-16-12(2)20-24-13(16)3)10-22-15-6-4-14-5-7-18(21)23-17(14)8-15/h4-8,11,19H,9-10H2,1-3H3/t11-/m0/s1. The van der Waals surface area contributed by atoms with Crippen molar-refractivity contribution in [1.29, 1.82) is 0 Å². The van der Waals surface area contributed by atoms with E-state index in [1.165, 1.54) is 6.07 Å². The molecule has 1 N–H and O–H groups in total. The van der Waals surface area contributed by atoms with Crippen LogP contribution in [0.2, 0.25) is 0 Å². The maximum absolute atomic E-state index is 11.3. The lowest BCUT2D eigenvalue weighted by Crippen LogP contribution is -2.31. The van der Waals surface area contributed by atoms with E-state index in [4.69, 9.17) is 13.7 Å². The van der Waals surface area contributed by atoms with Gasteiger partial charge in [-0.3, -0.25) is 0 Å². The third-order valence-electron chi connectivity index (χ3n) is 3.90. The Bertz CT molecular complexity index is 878. The van der Waals surface area contributed by atoms with E-state index in [9.17, 15) is 4.79 Å². The Morgan fingerprint density at radius 3 is 2.79 bits per heavy atom. The van der Waals surface area contributed by atoms with Gasteiger partial charge in [0.1, 0.15) is 23.7 Å². The number of ether oxygens (including phenoxy) is 1. The Kier molecular flexibility index (Phi) is 4.66. The molecule has 126 valence electrons. The lowest BCUT2D eigenvalue weighted by molar-refractivity contribution is 0.272. The molecule has 0 aliphatic rings. The van der Waals surface area contributed by atoms with Crippen molar-refractivity contribution in [3.05, 3.63) is 57.8 Å². The monoisotopic (exact) mass is 328 g/mol. The quantitative estimate of drug-likeness (QED) is 0.701. The van der Waals surface area contributed by atoms with Gasteiger partial charge in [0.2, 0.25) is 0 Å². The van der Waals surface area contributed by atoms with Crippen molar-refractivity contribution in [2.75, 3.05) is 6.61 Å². The summed E-state index contributed by atoms with van der Waals surface area (Å²) >= 11 is 0. The number of aromatic nitrogens is 1. The first kappa shape index (κ1) is 16.3. The molecule has 0 bridgehead atoms. The molecule has 3 aromatic rings. The van der Waals surface area contributed by atoms with E-state index in [2.05, 4.69) is 10.5 Å². The SMILES string of the molecule is Cc1noc(C)c1CN[C@@H](C)COc1ccc2ccc(=O)oc2c1. The third-order valence-corrected chi connectivity index (χ3v) is 3.90. The molecule has 3 rings (SSSR count). The van der Waals surface area contributed by atoms with Crippen molar-refractivity contribution in [3.63, 3.8) is 0 Å². The Morgan fingerprint density at radius 1 is 1.25 bits per heavy atom. The van der Waals surface area contributed by atoms with Crippen LogP contribution in [-0.4, -0.2) is 17.8 Å². The van der Waals surface area contributed by atoms with E-state index in [0.29, 0.717) is 24.5 Å². The smallest absolute Gasteiger partial charge is 0.336 e. The van der Waals surface area contributed by atoms with Crippen LogP contribution in [0.25, 0.3) is 11.0 Å². The molecule has 0 saturated heterocycles.